The number of carbonyl (C=O) groups is 1. The normalized spacial score (nSPS) is 10.4. The lowest BCUT2D eigenvalue weighted by atomic mass is 10.1. The molecule has 0 atom stereocenters. The van der Waals surface area contributed by atoms with Crippen LogP contribution in [-0.2, 0) is 0 Å². The van der Waals surface area contributed by atoms with Gasteiger partial charge in [-0.3, -0.25) is 4.79 Å². The highest BCUT2D eigenvalue weighted by atomic mass is 79.9. The third-order valence-electron chi connectivity index (χ3n) is 2.44. The third-order valence-corrected chi connectivity index (χ3v) is 2.90. The molecule has 0 aliphatic carbocycles. The Bertz CT molecular complexity index is 367. The zero-order valence-corrected chi connectivity index (χ0v) is 11.8. The summed E-state index contributed by atoms with van der Waals surface area (Å²) in [6.45, 7) is 5.03. The summed E-state index contributed by atoms with van der Waals surface area (Å²) in [6.07, 6.45) is 0.888. The van der Waals surface area contributed by atoms with Gasteiger partial charge in [-0.2, -0.15) is 0 Å². The zero-order chi connectivity index (χ0) is 12.8. The molecule has 0 saturated heterocycles. The number of aryl methyl sites for hydroxylation is 1. The van der Waals surface area contributed by atoms with Crippen molar-refractivity contribution in [1.29, 1.82) is 0 Å². The number of hydrogen-bond acceptors (Lipinski definition) is 2. The highest BCUT2D eigenvalue weighted by Crippen LogP contribution is 2.17. The van der Waals surface area contributed by atoms with Gasteiger partial charge in [0.2, 0.25) is 0 Å². The highest BCUT2D eigenvalue weighted by Gasteiger charge is 2.14. The summed E-state index contributed by atoms with van der Waals surface area (Å²) in [5.41, 5.74) is 1.71. The summed E-state index contributed by atoms with van der Waals surface area (Å²) in [6, 6.07) is 5.65. The molecule has 0 saturated carbocycles. The fourth-order valence-corrected chi connectivity index (χ4v) is 2.36. The van der Waals surface area contributed by atoms with Gasteiger partial charge in [0.15, 0.2) is 0 Å². The molecule has 0 unspecified atom stereocenters. The first-order valence-corrected chi connectivity index (χ1v) is 6.55. The van der Waals surface area contributed by atoms with Crippen molar-refractivity contribution >= 4 is 21.8 Å². The third kappa shape index (κ3) is 4.13. The van der Waals surface area contributed by atoms with Crippen LogP contribution in [0.4, 0.5) is 0 Å². The Hall–Kier alpha value is -0.870. The minimum absolute atomic E-state index is 0.00126. The molecule has 1 amide bonds. The minimum atomic E-state index is -0.0229. The van der Waals surface area contributed by atoms with Crippen LogP contribution < -0.4 is 0 Å². The quantitative estimate of drug-likeness (QED) is 0.908. The van der Waals surface area contributed by atoms with E-state index in [1.165, 1.54) is 0 Å². The van der Waals surface area contributed by atoms with Crippen molar-refractivity contribution in [2.45, 2.75) is 20.3 Å². The maximum absolute atomic E-state index is 12.2. The van der Waals surface area contributed by atoms with E-state index in [1.807, 2.05) is 32.0 Å². The molecule has 17 heavy (non-hydrogen) atoms. The Morgan fingerprint density at radius 3 is 2.59 bits per heavy atom. The first-order chi connectivity index (χ1) is 8.08. The molecule has 1 rings (SSSR count). The number of carbonyl (C=O) groups excluding carboxylic acids is 1. The Morgan fingerprint density at radius 2 is 2.06 bits per heavy atom. The predicted octanol–water partition coefficient (Wildman–Crippen LogP) is 2.60. The number of nitrogens with zero attached hydrogens (tertiary/aromatic N) is 1. The summed E-state index contributed by atoms with van der Waals surface area (Å²) >= 11 is 3.39. The maximum atomic E-state index is 12.2. The number of halogens is 1. The van der Waals surface area contributed by atoms with Crippen LogP contribution in [0.1, 0.15) is 29.3 Å². The summed E-state index contributed by atoms with van der Waals surface area (Å²) in [4.78, 5) is 13.9. The average molecular weight is 300 g/mol. The van der Waals surface area contributed by atoms with E-state index in [2.05, 4.69) is 15.9 Å². The van der Waals surface area contributed by atoms with E-state index in [4.69, 9.17) is 5.11 Å². The molecule has 4 heteroatoms. The second-order valence-corrected chi connectivity index (χ2v) is 4.95. The minimum Gasteiger partial charge on any atom is -0.395 e. The van der Waals surface area contributed by atoms with Gasteiger partial charge in [0.1, 0.15) is 0 Å². The van der Waals surface area contributed by atoms with Gasteiger partial charge in [-0.05, 0) is 37.1 Å². The van der Waals surface area contributed by atoms with E-state index in [-0.39, 0.29) is 12.5 Å². The van der Waals surface area contributed by atoms with Crippen molar-refractivity contribution < 1.29 is 9.90 Å². The van der Waals surface area contributed by atoms with Gasteiger partial charge in [-0.15, -0.1) is 0 Å². The summed E-state index contributed by atoms with van der Waals surface area (Å²) in [5.74, 6) is -0.0229. The van der Waals surface area contributed by atoms with Crippen LogP contribution in [0.25, 0.3) is 0 Å². The molecule has 0 aliphatic rings. The Morgan fingerprint density at radius 1 is 1.35 bits per heavy atom. The van der Waals surface area contributed by atoms with Gasteiger partial charge in [0.25, 0.3) is 5.91 Å². The standard InChI is InChI=1S/C13H18BrNO2/c1-3-4-15(5-6-16)13(17)11-7-10(2)8-12(14)9-11/h7-9,16H,3-6H2,1-2H3. The lowest BCUT2D eigenvalue weighted by Gasteiger charge is -2.21. The smallest absolute Gasteiger partial charge is 0.253 e. The summed E-state index contributed by atoms with van der Waals surface area (Å²) in [5, 5.41) is 8.97. The van der Waals surface area contributed by atoms with Crippen LogP contribution in [0.2, 0.25) is 0 Å². The van der Waals surface area contributed by atoms with Crippen molar-refractivity contribution in [2.24, 2.45) is 0 Å². The van der Waals surface area contributed by atoms with Crippen LogP contribution >= 0.6 is 15.9 Å². The Labute approximate surface area is 111 Å². The largest absolute Gasteiger partial charge is 0.395 e. The molecular formula is C13H18BrNO2. The van der Waals surface area contributed by atoms with Gasteiger partial charge in [0, 0.05) is 23.1 Å². The number of amides is 1. The number of aliphatic hydroxyl groups excluding tert-OH is 1. The predicted molar refractivity (Wildman–Crippen MR) is 72.2 cm³/mol. The molecule has 0 bridgehead atoms. The maximum Gasteiger partial charge on any atom is 0.253 e. The SMILES string of the molecule is CCCN(CCO)C(=O)c1cc(C)cc(Br)c1. The molecule has 0 aliphatic heterocycles. The first kappa shape index (κ1) is 14.2. The molecule has 0 radical (unpaired) electrons. The average Bonchev–Trinajstić information content (AvgIpc) is 2.26. The monoisotopic (exact) mass is 299 g/mol. The lowest BCUT2D eigenvalue weighted by molar-refractivity contribution is 0.0722. The second-order valence-electron chi connectivity index (χ2n) is 4.03. The molecule has 0 spiro atoms. The summed E-state index contributed by atoms with van der Waals surface area (Å²) < 4.78 is 0.904. The number of rotatable bonds is 5. The Kier molecular flexibility index (Phi) is 5.65. The molecular weight excluding hydrogens is 282 g/mol. The number of hydrogen-bond donors (Lipinski definition) is 1. The van der Waals surface area contributed by atoms with E-state index in [0.717, 1.165) is 16.5 Å². The van der Waals surface area contributed by atoms with Crippen molar-refractivity contribution in [3.8, 4) is 0 Å². The zero-order valence-electron chi connectivity index (χ0n) is 10.2. The van der Waals surface area contributed by atoms with Gasteiger partial charge in [-0.1, -0.05) is 22.9 Å². The van der Waals surface area contributed by atoms with Crippen LogP contribution in [0.5, 0.6) is 0 Å². The lowest BCUT2D eigenvalue weighted by Crippen LogP contribution is -2.34. The van der Waals surface area contributed by atoms with Gasteiger partial charge in [0.05, 0.1) is 6.61 Å². The fraction of sp³-hybridized carbons (Fsp3) is 0.462. The molecule has 3 nitrogen and oxygen atoms in total. The van der Waals surface area contributed by atoms with E-state index < -0.39 is 0 Å². The molecule has 94 valence electrons. The number of benzene rings is 1. The molecule has 0 aromatic heterocycles. The fourth-order valence-electron chi connectivity index (χ4n) is 1.75. The van der Waals surface area contributed by atoms with Crippen LogP contribution in [-0.4, -0.2) is 35.6 Å². The number of aliphatic hydroxyl groups is 1. The van der Waals surface area contributed by atoms with Crippen molar-refractivity contribution in [2.75, 3.05) is 19.7 Å². The van der Waals surface area contributed by atoms with Crippen LogP contribution in [0.3, 0.4) is 0 Å². The van der Waals surface area contributed by atoms with Crippen LogP contribution in [0, 0.1) is 6.92 Å². The molecule has 1 N–H and O–H groups in total. The molecule has 0 heterocycles. The highest BCUT2D eigenvalue weighted by molar-refractivity contribution is 9.10. The molecule has 1 aromatic carbocycles. The Balaban J connectivity index is 2.92. The van der Waals surface area contributed by atoms with E-state index in [9.17, 15) is 4.79 Å². The second kappa shape index (κ2) is 6.77. The topological polar surface area (TPSA) is 40.5 Å². The van der Waals surface area contributed by atoms with Crippen molar-refractivity contribution in [3.63, 3.8) is 0 Å². The van der Waals surface area contributed by atoms with E-state index in [1.54, 1.807) is 4.90 Å². The summed E-state index contributed by atoms with van der Waals surface area (Å²) in [7, 11) is 0. The van der Waals surface area contributed by atoms with Crippen molar-refractivity contribution in [3.05, 3.63) is 33.8 Å². The van der Waals surface area contributed by atoms with E-state index >= 15 is 0 Å². The first-order valence-electron chi connectivity index (χ1n) is 5.75. The molecule has 1 aromatic rings. The van der Waals surface area contributed by atoms with E-state index in [0.29, 0.717) is 18.7 Å². The van der Waals surface area contributed by atoms with Crippen molar-refractivity contribution in [1.82, 2.24) is 4.90 Å². The van der Waals surface area contributed by atoms with Gasteiger partial charge >= 0.3 is 0 Å². The van der Waals surface area contributed by atoms with Gasteiger partial charge in [-0.25, -0.2) is 0 Å². The van der Waals surface area contributed by atoms with Gasteiger partial charge < -0.3 is 10.0 Å². The van der Waals surface area contributed by atoms with Crippen LogP contribution in [0.15, 0.2) is 22.7 Å². The molecule has 0 fully saturated rings.